The molecule has 3 aromatic rings. The van der Waals surface area contributed by atoms with Gasteiger partial charge in [-0.1, -0.05) is 35.0 Å². The van der Waals surface area contributed by atoms with Gasteiger partial charge < -0.3 is 9.84 Å². The van der Waals surface area contributed by atoms with Crippen molar-refractivity contribution in [3.63, 3.8) is 0 Å². The largest absolute Gasteiger partial charge is 0.416 e. The Kier molecular flexibility index (Phi) is 7.23. The van der Waals surface area contributed by atoms with Crippen molar-refractivity contribution in [2.75, 3.05) is 38.0 Å². The van der Waals surface area contributed by atoms with E-state index in [1.807, 2.05) is 20.8 Å². The fourth-order valence-electron chi connectivity index (χ4n) is 4.33. The van der Waals surface area contributed by atoms with Crippen molar-refractivity contribution >= 4 is 11.6 Å². The summed E-state index contributed by atoms with van der Waals surface area (Å²) in [4.78, 5) is 21.1. The summed E-state index contributed by atoms with van der Waals surface area (Å²) < 4.78 is 44.2. The van der Waals surface area contributed by atoms with Crippen molar-refractivity contribution in [2.45, 2.75) is 33.5 Å². The van der Waals surface area contributed by atoms with E-state index in [9.17, 15) is 18.0 Å². The first-order valence-electron chi connectivity index (χ1n) is 11.4. The number of alkyl halides is 3. The number of anilines is 1. The highest BCUT2D eigenvalue weighted by Crippen LogP contribution is 2.31. The molecule has 35 heavy (non-hydrogen) atoms. The summed E-state index contributed by atoms with van der Waals surface area (Å²) in [5.74, 6) is 0.424. The Labute approximate surface area is 201 Å². The predicted molar refractivity (Wildman–Crippen MR) is 126 cm³/mol. The van der Waals surface area contributed by atoms with Crippen LogP contribution < -0.4 is 5.32 Å². The van der Waals surface area contributed by atoms with E-state index in [0.717, 1.165) is 34.5 Å². The molecule has 2 aromatic carbocycles. The first kappa shape index (κ1) is 24.9. The molecule has 2 heterocycles. The minimum Gasteiger partial charge on any atom is -0.338 e. The molecule has 186 valence electrons. The van der Waals surface area contributed by atoms with Crippen LogP contribution in [-0.2, 0) is 17.5 Å². The molecule has 1 aromatic heterocycles. The number of hydrogen-bond acceptors (Lipinski definition) is 6. The van der Waals surface area contributed by atoms with Gasteiger partial charge in [0.25, 0.3) is 0 Å². The number of nitrogens with one attached hydrogen (secondary N) is 1. The summed E-state index contributed by atoms with van der Waals surface area (Å²) >= 11 is 0. The van der Waals surface area contributed by atoms with E-state index < -0.39 is 11.7 Å². The normalized spacial score (nSPS) is 15.4. The summed E-state index contributed by atoms with van der Waals surface area (Å²) in [6.07, 6.45) is -4.43. The summed E-state index contributed by atoms with van der Waals surface area (Å²) in [5, 5.41) is 6.88. The molecule has 1 saturated heterocycles. The minimum absolute atomic E-state index is 0.0452. The molecule has 0 radical (unpaired) electrons. The van der Waals surface area contributed by atoms with Crippen molar-refractivity contribution in [1.29, 1.82) is 0 Å². The third kappa shape index (κ3) is 6.26. The monoisotopic (exact) mass is 487 g/mol. The molecule has 10 heteroatoms. The molecule has 1 aliphatic heterocycles. The number of halogens is 3. The lowest BCUT2D eigenvalue weighted by atomic mass is 10.1. The molecule has 1 fully saturated rings. The van der Waals surface area contributed by atoms with Crippen molar-refractivity contribution in [3.05, 3.63) is 64.5 Å². The van der Waals surface area contributed by atoms with E-state index >= 15 is 0 Å². The van der Waals surface area contributed by atoms with Crippen LogP contribution in [0.25, 0.3) is 11.4 Å². The Morgan fingerprint density at radius 2 is 1.69 bits per heavy atom. The van der Waals surface area contributed by atoms with Gasteiger partial charge in [0.15, 0.2) is 0 Å². The number of piperazine rings is 1. The number of hydrogen-bond donors (Lipinski definition) is 1. The standard InChI is InChI=1S/C25H28F3N5O2/c1-16-11-17(2)23(18(3)12-16)29-21(34)14-32-7-9-33(10-8-32)15-22-30-24(31-35-22)19-5-4-6-20(13-19)25(26,27)28/h4-6,11-13H,7-10,14-15H2,1-3H3,(H,29,34). The average Bonchev–Trinajstić information content (AvgIpc) is 3.26. The zero-order valence-electron chi connectivity index (χ0n) is 19.9. The van der Waals surface area contributed by atoms with E-state index in [4.69, 9.17) is 4.52 Å². The fraction of sp³-hybridized carbons (Fsp3) is 0.400. The van der Waals surface area contributed by atoms with Gasteiger partial charge in [-0.3, -0.25) is 14.6 Å². The summed E-state index contributed by atoms with van der Waals surface area (Å²) in [6.45, 7) is 9.53. The highest BCUT2D eigenvalue weighted by Gasteiger charge is 2.31. The van der Waals surface area contributed by atoms with Crippen LogP contribution in [0.2, 0.25) is 0 Å². The topological polar surface area (TPSA) is 74.5 Å². The number of nitrogens with zero attached hydrogens (tertiary/aromatic N) is 4. The lowest BCUT2D eigenvalue weighted by molar-refractivity contribution is -0.137. The van der Waals surface area contributed by atoms with Gasteiger partial charge >= 0.3 is 6.18 Å². The smallest absolute Gasteiger partial charge is 0.338 e. The average molecular weight is 488 g/mol. The predicted octanol–water partition coefficient (Wildman–Crippen LogP) is 4.44. The van der Waals surface area contributed by atoms with Crippen LogP contribution in [-0.4, -0.2) is 58.6 Å². The van der Waals surface area contributed by atoms with Gasteiger partial charge in [-0.15, -0.1) is 0 Å². The van der Waals surface area contributed by atoms with Crippen LogP contribution in [0.5, 0.6) is 0 Å². The molecule has 1 amide bonds. The van der Waals surface area contributed by atoms with Crippen LogP contribution in [0.4, 0.5) is 18.9 Å². The lowest BCUT2D eigenvalue weighted by Gasteiger charge is -2.33. The molecular weight excluding hydrogens is 459 g/mol. The quantitative estimate of drug-likeness (QED) is 0.554. The van der Waals surface area contributed by atoms with Gasteiger partial charge in [-0.05, 0) is 44.0 Å². The van der Waals surface area contributed by atoms with Crippen LogP contribution >= 0.6 is 0 Å². The first-order valence-corrected chi connectivity index (χ1v) is 11.4. The van der Waals surface area contributed by atoms with Crippen LogP contribution in [0.1, 0.15) is 28.1 Å². The highest BCUT2D eigenvalue weighted by molar-refractivity contribution is 5.93. The van der Waals surface area contributed by atoms with Gasteiger partial charge in [0, 0.05) is 37.4 Å². The van der Waals surface area contributed by atoms with Gasteiger partial charge in [-0.25, -0.2) is 0 Å². The Hall–Kier alpha value is -3.24. The number of aromatic nitrogens is 2. The Morgan fingerprint density at radius 3 is 2.34 bits per heavy atom. The molecule has 1 aliphatic rings. The Morgan fingerprint density at radius 1 is 1.03 bits per heavy atom. The molecule has 0 unspecified atom stereocenters. The van der Waals surface area contributed by atoms with Crippen molar-refractivity contribution in [3.8, 4) is 11.4 Å². The molecule has 0 aliphatic carbocycles. The first-order chi connectivity index (χ1) is 16.6. The maximum absolute atomic E-state index is 13.0. The Bertz CT molecular complexity index is 1180. The number of carbonyl (C=O) groups is 1. The summed E-state index contributed by atoms with van der Waals surface area (Å²) in [6, 6.07) is 8.97. The van der Waals surface area contributed by atoms with Crippen LogP contribution in [0.3, 0.4) is 0 Å². The van der Waals surface area contributed by atoms with E-state index in [0.29, 0.717) is 45.2 Å². The Balaban J connectivity index is 1.28. The van der Waals surface area contributed by atoms with Crippen molar-refractivity contribution < 1.29 is 22.5 Å². The third-order valence-electron chi connectivity index (χ3n) is 6.05. The van der Waals surface area contributed by atoms with E-state index in [1.165, 1.54) is 12.1 Å². The molecule has 1 N–H and O–H groups in total. The second kappa shape index (κ2) is 10.2. The summed E-state index contributed by atoms with van der Waals surface area (Å²) in [5.41, 5.74) is 3.62. The summed E-state index contributed by atoms with van der Waals surface area (Å²) in [7, 11) is 0. The highest BCUT2D eigenvalue weighted by atomic mass is 19.4. The molecule has 7 nitrogen and oxygen atoms in total. The van der Waals surface area contributed by atoms with Crippen molar-refractivity contribution in [2.24, 2.45) is 0 Å². The zero-order valence-corrected chi connectivity index (χ0v) is 19.9. The van der Waals surface area contributed by atoms with E-state index in [-0.39, 0.29) is 17.3 Å². The van der Waals surface area contributed by atoms with E-state index in [1.54, 1.807) is 0 Å². The molecule has 0 saturated carbocycles. The number of amides is 1. The van der Waals surface area contributed by atoms with Crippen LogP contribution in [0, 0.1) is 20.8 Å². The maximum atomic E-state index is 13.0. The third-order valence-corrected chi connectivity index (χ3v) is 6.05. The molecule has 4 rings (SSSR count). The van der Waals surface area contributed by atoms with E-state index in [2.05, 4.69) is 37.4 Å². The van der Waals surface area contributed by atoms with Gasteiger partial charge in [0.2, 0.25) is 17.6 Å². The molecule has 0 spiro atoms. The number of carbonyl (C=O) groups excluding carboxylic acids is 1. The number of aryl methyl sites for hydroxylation is 3. The molecular formula is C25H28F3N5O2. The molecule has 0 atom stereocenters. The zero-order chi connectivity index (χ0) is 25.2. The fourth-order valence-corrected chi connectivity index (χ4v) is 4.33. The van der Waals surface area contributed by atoms with Gasteiger partial charge in [-0.2, -0.15) is 18.2 Å². The number of benzene rings is 2. The van der Waals surface area contributed by atoms with Crippen molar-refractivity contribution in [1.82, 2.24) is 19.9 Å². The maximum Gasteiger partial charge on any atom is 0.416 e. The molecule has 0 bridgehead atoms. The second-order valence-corrected chi connectivity index (χ2v) is 8.96. The second-order valence-electron chi connectivity index (χ2n) is 8.96. The number of rotatable bonds is 6. The van der Waals surface area contributed by atoms with Gasteiger partial charge in [0.05, 0.1) is 18.7 Å². The lowest BCUT2D eigenvalue weighted by Crippen LogP contribution is -2.48. The van der Waals surface area contributed by atoms with Crippen LogP contribution in [0.15, 0.2) is 40.9 Å². The SMILES string of the molecule is Cc1cc(C)c(NC(=O)CN2CCN(Cc3nc(-c4cccc(C(F)(F)F)c4)no3)CC2)c(C)c1. The minimum atomic E-state index is -4.43. The van der Waals surface area contributed by atoms with Gasteiger partial charge in [0.1, 0.15) is 0 Å².